The van der Waals surface area contributed by atoms with Gasteiger partial charge in [0.05, 0.1) is 6.04 Å². The van der Waals surface area contributed by atoms with Crippen molar-refractivity contribution in [2.45, 2.75) is 39.2 Å². The Kier molecular flexibility index (Phi) is 5.11. The fraction of sp³-hybridized carbons (Fsp3) is 0.438. The number of aryl methyl sites for hydroxylation is 1. The summed E-state index contributed by atoms with van der Waals surface area (Å²) < 4.78 is 0. The molecule has 0 bridgehead atoms. The molecule has 0 aliphatic heterocycles. The molecule has 0 fully saturated rings. The molecule has 2 unspecified atom stereocenters. The van der Waals surface area contributed by atoms with Gasteiger partial charge in [-0.2, -0.15) is 0 Å². The van der Waals surface area contributed by atoms with Gasteiger partial charge in [-0.1, -0.05) is 44.2 Å². The summed E-state index contributed by atoms with van der Waals surface area (Å²) in [7, 11) is 0. The van der Waals surface area contributed by atoms with Crippen molar-refractivity contribution in [3.63, 3.8) is 0 Å². The lowest BCUT2D eigenvalue weighted by Crippen LogP contribution is -2.22. The first kappa shape index (κ1) is 14.2. The van der Waals surface area contributed by atoms with Crippen LogP contribution in [0.25, 0.3) is 0 Å². The topological polar surface area (TPSA) is 24.9 Å². The highest BCUT2D eigenvalue weighted by molar-refractivity contribution is 7.09. The summed E-state index contributed by atoms with van der Waals surface area (Å²) in [5, 5.41) is 6.90. The first-order valence-corrected chi connectivity index (χ1v) is 7.79. The van der Waals surface area contributed by atoms with E-state index in [1.807, 2.05) is 0 Å². The van der Waals surface area contributed by atoms with Crippen LogP contribution < -0.4 is 5.32 Å². The van der Waals surface area contributed by atoms with Crippen LogP contribution in [-0.4, -0.2) is 11.5 Å². The molecule has 1 aromatic carbocycles. The fourth-order valence-electron chi connectivity index (χ4n) is 2.32. The highest BCUT2D eigenvalue weighted by atomic mass is 32.1. The van der Waals surface area contributed by atoms with Gasteiger partial charge in [0.2, 0.25) is 0 Å². The molecule has 1 aromatic heterocycles. The maximum atomic E-state index is 4.63. The Balaban J connectivity index is 2.08. The van der Waals surface area contributed by atoms with Gasteiger partial charge in [0.25, 0.3) is 0 Å². The molecule has 0 aliphatic carbocycles. The number of nitrogens with one attached hydrogen (secondary N) is 1. The second-order valence-corrected chi connectivity index (χ2v) is 5.87. The van der Waals surface area contributed by atoms with E-state index in [-0.39, 0.29) is 0 Å². The normalized spacial score (nSPS) is 14.3. The van der Waals surface area contributed by atoms with Crippen LogP contribution in [0, 0.1) is 6.92 Å². The van der Waals surface area contributed by atoms with E-state index in [9.17, 15) is 0 Å². The monoisotopic (exact) mass is 274 g/mol. The predicted octanol–water partition coefficient (Wildman–Crippen LogP) is 4.30. The Morgan fingerprint density at radius 1 is 1.26 bits per heavy atom. The standard InChI is InChI=1S/C16H22N2S/c1-4-17-15(16-18-13(3)11-19-16)10-12(2)14-8-6-5-7-9-14/h5-9,11-12,15,17H,4,10H2,1-3H3. The van der Waals surface area contributed by atoms with E-state index < -0.39 is 0 Å². The molecule has 2 rings (SSSR count). The van der Waals surface area contributed by atoms with E-state index >= 15 is 0 Å². The summed E-state index contributed by atoms with van der Waals surface area (Å²) >= 11 is 1.76. The van der Waals surface area contributed by atoms with Crippen molar-refractivity contribution in [2.24, 2.45) is 0 Å². The smallest absolute Gasteiger partial charge is 0.110 e. The third-order valence-electron chi connectivity index (χ3n) is 3.34. The molecule has 0 radical (unpaired) electrons. The highest BCUT2D eigenvalue weighted by Crippen LogP contribution is 2.29. The maximum absolute atomic E-state index is 4.63. The van der Waals surface area contributed by atoms with Gasteiger partial charge in [-0.05, 0) is 31.4 Å². The number of rotatable bonds is 6. The van der Waals surface area contributed by atoms with Crippen molar-refractivity contribution in [3.8, 4) is 0 Å². The van der Waals surface area contributed by atoms with Gasteiger partial charge in [0, 0.05) is 11.1 Å². The molecule has 0 saturated carbocycles. The van der Waals surface area contributed by atoms with Crippen LogP contribution in [0.1, 0.15) is 48.5 Å². The Morgan fingerprint density at radius 3 is 2.58 bits per heavy atom. The first-order valence-electron chi connectivity index (χ1n) is 6.91. The van der Waals surface area contributed by atoms with E-state index in [1.165, 1.54) is 10.6 Å². The molecule has 2 nitrogen and oxygen atoms in total. The molecule has 0 amide bonds. The summed E-state index contributed by atoms with van der Waals surface area (Å²) in [6, 6.07) is 11.1. The lowest BCUT2D eigenvalue weighted by Gasteiger charge is -2.20. The number of aromatic nitrogens is 1. The molecular weight excluding hydrogens is 252 g/mol. The molecular formula is C16H22N2S. The summed E-state index contributed by atoms with van der Waals surface area (Å²) in [5.74, 6) is 0.537. The van der Waals surface area contributed by atoms with Crippen molar-refractivity contribution < 1.29 is 0 Å². The lowest BCUT2D eigenvalue weighted by atomic mass is 9.94. The van der Waals surface area contributed by atoms with Crippen molar-refractivity contribution in [2.75, 3.05) is 6.54 Å². The zero-order valence-corrected chi connectivity index (χ0v) is 12.7. The second-order valence-electron chi connectivity index (χ2n) is 4.98. The minimum absolute atomic E-state index is 0.360. The second kappa shape index (κ2) is 6.83. The van der Waals surface area contributed by atoms with E-state index in [4.69, 9.17) is 0 Å². The molecule has 0 spiro atoms. The third kappa shape index (κ3) is 3.88. The SMILES string of the molecule is CCNC(CC(C)c1ccccc1)c1nc(C)cs1. The van der Waals surface area contributed by atoms with Gasteiger partial charge < -0.3 is 5.32 Å². The summed E-state index contributed by atoms with van der Waals surface area (Å²) in [4.78, 5) is 4.63. The van der Waals surface area contributed by atoms with E-state index in [2.05, 4.69) is 66.8 Å². The third-order valence-corrected chi connectivity index (χ3v) is 4.42. The molecule has 19 heavy (non-hydrogen) atoms. The Hall–Kier alpha value is -1.19. The molecule has 3 heteroatoms. The average molecular weight is 274 g/mol. The number of nitrogens with zero attached hydrogens (tertiary/aromatic N) is 1. The van der Waals surface area contributed by atoms with Crippen LogP contribution in [0.5, 0.6) is 0 Å². The van der Waals surface area contributed by atoms with E-state index in [1.54, 1.807) is 11.3 Å². The number of benzene rings is 1. The van der Waals surface area contributed by atoms with Crippen molar-refractivity contribution >= 4 is 11.3 Å². The molecule has 102 valence electrons. The maximum Gasteiger partial charge on any atom is 0.110 e. The molecule has 1 N–H and O–H groups in total. The number of hydrogen-bond donors (Lipinski definition) is 1. The zero-order chi connectivity index (χ0) is 13.7. The van der Waals surface area contributed by atoms with Crippen LogP contribution in [0.15, 0.2) is 35.7 Å². The van der Waals surface area contributed by atoms with Crippen LogP contribution in [-0.2, 0) is 0 Å². The van der Waals surface area contributed by atoms with Gasteiger partial charge in [0.15, 0.2) is 0 Å². The van der Waals surface area contributed by atoms with Crippen LogP contribution >= 0.6 is 11.3 Å². The van der Waals surface area contributed by atoms with Crippen LogP contribution in [0.4, 0.5) is 0 Å². The molecule has 2 aromatic rings. The van der Waals surface area contributed by atoms with Gasteiger partial charge in [-0.25, -0.2) is 4.98 Å². The number of hydrogen-bond acceptors (Lipinski definition) is 3. The highest BCUT2D eigenvalue weighted by Gasteiger charge is 2.18. The zero-order valence-electron chi connectivity index (χ0n) is 11.9. The predicted molar refractivity (Wildman–Crippen MR) is 82.7 cm³/mol. The Morgan fingerprint density at radius 2 is 2.00 bits per heavy atom. The lowest BCUT2D eigenvalue weighted by molar-refractivity contribution is 0.475. The molecule has 0 aliphatic rings. The van der Waals surface area contributed by atoms with Gasteiger partial charge >= 0.3 is 0 Å². The fourth-order valence-corrected chi connectivity index (χ4v) is 3.21. The van der Waals surface area contributed by atoms with E-state index in [0.717, 1.165) is 18.7 Å². The quantitative estimate of drug-likeness (QED) is 0.849. The van der Waals surface area contributed by atoms with Crippen molar-refractivity contribution in [1.82, 2.24) is 10.3 Å². The van der Waals surface area contributed by atoms with Crippen molar-refractivity contribution in [3.05, 3.63) is 52.0 Å². The van der Waals surface area contributed by atoms with Gasteiger partial charge in [-0.3, -0.25) is 0 Å². The van der Waals surface area contributed by atoms with Gasteiger partial charge in [0.1, 0.15) is 5.01 Å². The Labute approximate surface area is 119 Å². The summed E-state index contributed by atoms with van der Waals surface area (Å²) in [6.07, 6.45) is 1.09. The first-order chi connectivity index (χ1) is 9.20. The minimum atomic E-state index is 0.360. The molecule has 2 atom stereocenters. The average Bonchev–Trinajstić information content (AvgIpc) is 2.86. The number of thiazole rings is 1. The largest absolute Gasteiger partial charge is 0.308 e. The minimum Gasteiger partial charge on any atom is -0.308 e. The molecule has 1 heterocycles. The van der Waals surface area contributed by atoms with E-state index in [0.29, 0.717) is 12.0 Å². The summed E-state index contributed by atoms with van der Waals surface area (Å²) in [6.45, 7) is 7.48. The summed E-state index contributed by atoms with van der Waals surface area (Å²) in [5.41, 5.74) is 2.52. The van der Waals surface area contributed by atoms with Gasteiger partial charge in [-0.15, -0.1) is 11.3 Å². The van der Waals surface area contributed by atoms with Crippen molar-refractivity contribution in [1.29, 1.82) is 0 Å². The molecule has 0 saturated heterocycles. The van der Waals surface area contributed by atoms with Crippen LogP contribution in [0.2, 0.25) is 0 Å². The Bertz CT molecular complexity index is 492. The van der Waals surface area contributed by atoms with Crippen LogP contribution in [0.3, 0.4) is 0 Å².